The molecule has 1 aliphatic rings. The van der Waals surface area contributed by atoms with Crippen LogP contribution < -0.4 is 0 Å². The van der Waals surface area contributed by atoms with E-state index in [-0.39, 0.29) is 0 Å². The van der Waals surface area contributed by atoms with Crippen molar-refractivity contribution < 1.29 is 0 Å². The van der Waals surface area contributed by atoms with Crippen molar-refractivity contribution in [2.75, 3.05) is 0 Å². The lowest BCUT2D eigenvalue weighted by Crippen LogP contribution is -1.62. The molecule has 0 heterocycles. The predicted octanol–water partition coefficient (Wildman–Crippen LogP) is 2.37. The lowest BCUT2D eigenvalue weighted by Gasteiger charge is -1.81. The zero-order valence-electron chi connectivity index (χ0n) is 5.39. The predicted molar refractivity (Wildman–Crippen MR) is 39.1 cm³/mol. The Morgan fingerprint density at radius 3 is 3.00 bits per heavy atom. The first-order valence-electron chi connectivity index (χ1n) is 2.90. The largest absolute Gasteiger partial charge is 0.120 e. The van der Waals surface area contributed by atoms with Gasteiger partial charge in [-0.05, 0) is 30.7 Å². The molecule has 9 heavy (non-hydrogen) atoms. The highest BCUT2D eigenvalue weighted by Crippen LogP contribution is 1.93. The summed E-state index contributed by atoms with van der Waals surface area (Å²) in [6, 6.07) is 0. The van der Waals surface area contributed by atoms with Crippen molar-refractivity contribution >= 4 is 0 Å². The number of rotatable bonds is 0. The monoisotopic (exact) mass is 116 g/mol. The van der Waals surface area contributed by atoms with Crippen molar-refractivity contribution in [2.24, 2.45) is 0 Å². The molecular formula is C9H8. The molecule has 1 rings (SSSR count). The fourth-order valence-corrected chi connectivity index (χ4v) is 0.573. The Morgan fingerprint density at radius 1 is 1.22 bits per heavy atom. The standard InChI is InChI=1S/C9H8/c1-9-7-5-3-2-4-6-8-9/h3-7H,1H3/b7-5-. The summed E-state index contributed by atoms with van der Waals surface area (Å²) in [4.78, 5) is 0. The Labute approximate surface area is 55.2 Å². The van der Waals surface area contributed by atoms with Crippen LogP contribution in [-0.4, -0.2) is 0 Å². The first-order valence-corrected chi connectivity index (χ1v) is 2.90. The molecule has 0 atom stereocenters. The van der Waals surface area contributed by atoms with E-state index in [1.807, 2.05) is 37.3 Å². The first kappa shape index (κ1) is 5.91. The van der Waals surface area contributed by atoms with Crippen molar-refractivity contribution in [2.45, 2.75) is 6.92 Å². The van der Waals surface area contributed by atoms with Gasteiger partial charge in [-0.3, -0.25) is 0 Å². The molecule has 0 unspecified atom stereocenters. The molecule has 0 N–H and O–H groups in total. The molecule has 0 aromatic carbocycles. The topological polar surface area (TPSA) is 0 Å². The summed E-state index contributed by atoms with van der Waals surface area (Å²) in [5, 5.41) is 0. The molecule has 44 valence electrons. The van der Waals surface area contributed by atoms with Crippen LogP contribution in [0.4, 0.5) is 0 Å². The van der Waals surface area contributed by atoms with Crippen molar-refractivity contribution in [3.05, 3.63) is 47.4 Å². The van der Waals surface area contributed by atoms with Gasteiger partial charge in [0.2, 0.25) is 0 Å². The fourth-order valence-electron chi connectivity index (χ4n) is 0.573. The Morgan fingerprint density at radius 2 is 2.11 bits per heavy atom. The zero-order valence-corrected chi connectivity index (χ0v) is 5.39. The minimum atomic E-state index is 1.14. The van der Waals surface area contributed by atoms with Crippen LogP contribution in [0.1, 0.15) is 6.92 Å². The van der Waals surface area contributed by atoms with Gasteiger partial charge >= 0.3 is 0 Å². The molecule has 0 amide bonds. The Bertz CT molecular complexity index is 239. The van der Waals surface area contributed by atoms with E-state index in [2.05, 4.69) is 11.5 Å². The maximum atomic E-state index is 3.05. The van der Waals surface area contributed by atoms with Gasteiger partial charge in [0.05, 0.1) is 0 Å². The third-order valence-electron chi connectivity index (χ3n) is 1.03. The van der Waals surface area contributed by atoms with Crippen LogP contribution in [0.3, 0.4) is 0 Å². The van der Waals surface area contributed by atoms with Gasteiger partial charge in [0.1, 0.15) is 0 Å². The maximum absolute atomic E-state index is 3.05. The average molecular weight is 116 g/mol. The molecule has 1 aliphatic carbocycles. The van der Waals surface area contributed by atoms with Crippen molar-refractivity contribution in [1.82, 2.24) is 0 Å². The summed E-state index contributed by atoms with van der Waals surface area (Å²) < 4.78 is 0. The van der Waals surface area contributed by atoms with Gasteiger partial charge in [-0.25, -0.2) is 0 Å². The smallest absolute Gasteiger partial charge is 0.00910 e. The highest BCUT2D eigenvalue weighted by atomic mass is 13.8. The molecular weight excluding hydrogens is 108 g/mol. The van der Waals surface area contributed by atoms with Crippen molar-refractivity contribution in [1.29, 1.82) is 0 Å². The van der Waals surface area contributed by atoms with Crippen LogP contribution in [0, 0.1) is 0 Å². The van der Waals surface area contributed by atoms with Crippen LogP contribution >= 0.6 is 0 Å². The molecule has 0 fully saturated rings. The van der Waals surface area contributed by atoms with E-state index in [1.165, 1.54) is 0 Å². The van der Waals surface area contributed by atoms with Crippen LogP contribution in [-0.2, 0) is 0 Å². The minimum absolute atomic E-state index is 1.14. The second-order valence-corrected chi connectivity index (χ2v) is 1.85. The highest BCUT2D eigenvalue weighted by Gasteiger charge is 1.74. The highest BCUT2D eigenvalue weighted by molar-refractivity contribution is 5.23. The third-order valence-corrected chi connectivity index (χ3v) is 1.03. The van der Waals surface area contributed by atoms with Gasteiger partial charge < -0.3 is 0 Å². The third kappa shape index (κ3) is 2.01. The van der Waals surface area contributed by atoms with Crippen LogP contribution in [0.15, 0.2) is 47.4 Å². The minimum Gasteiger partial charge on any atom is -0.120 e. The van der Waals surface area contributed by atoms with Gasteiger partial charge in [-0.15, -0.1) is 11.5 Å². The molecule has 0 heteroatoms. The van der Waals surface area contributed by atoms with E-state index in [4.69, 9.17) is 0 Å². The summed E-state index contributed by atoms with van der Waals surface area (Å²) in [6.45, 7) is 2.01. The Kier molecular flexibility index (Phi) is 1.93. The second-order valence-electron chi connectivity index (χ2n) is 1.85. The summed E-state index contributed by atoms with van der Waals surface area (Å²) in [6.07, 6.45) is 9.52. The van der Waals surface area contributed by atoms with Crippen molar-refractivity contribution in [3.8, 4) is 0 Å². The number of hydrogen-bond donors (Lipinski definition) is 0. The normalized spacial score (nSPS) is 18.6. The molecule has 0 spiro atoms. The molecule has 0 radical (unpaired) electrons. The summed E-state index contributed by atoms with van der Waals surface area (Å²) in [5.74, 6) is 0. The maximum Gasteiger partial charge on any atom is -0.00910 e. The second kappa shape index (κ2) is 2.94. The fraction of sp³-hybridized carbons (Fsp3) is 0.111. The van der Waals surface area contributed by atoms with Gasteiger partial charge in [0.25, 0.3) is 0 Å². The molecule has 0 aliphatic heterocycles. The molecule has 0 aromatic rings. The summed E-state index contributed by atoms with van der Waals surface area (Å²) >= 11 is 0. The lowest BCUT2D eigenvalue weighted by atomic mass is 10.2. The van der Waals surface area contributed by atoms with E-state index in [0.717, 1.165) is 5.57 Å². The van der Waals surface area contributed by atoms with Crippen LogP contribution in [0.25, 0.3) is 0 Å². The van der Waals surface area contributed by atoms with E-state index in [0.29, 0.717) is 0 Å². The van der Waals surface area contributed by atoms with E-state index >= 15 is 0 Å². The molecule has 0 bridgehead atoms. The van der Waals surface area contributed by atoms with E-state index in [9.17, 15) is 0 Å². The van der Waals surface area contributed by atoms with Crippen LogP contribution in [0.5, 0.6) is 0 Å². The van der Waals surface area contributed by atoms with Gasteiger partial charge in [0, 0.05) is 0 Å². The average Bonchev–Trinajstić information content (AvgIpc) is 1.79. The van der Waals surface area contributed by atoms with E-state index in [1.54, 1.807) is 0 Å². The molecule has 0 nitrogen and oxygen atoms in total. The van der Waals surface area contributed by atoms with E-state index < -0.39 is 0 Å². The van der Waals surface area contributed by atoms with Gasteiger partial charge in [-0.1, -0.05) is 12.2 Å². The summed E-state index contributed by atoms with van der Waals surface area (Å²) in [5.41, 5.74) is 7.13. The summed E-state index contributed by atoms with van der Waals surface area (Å²) in [7, 11) is 0. The number of hydrogen-bond acceptors (Lipinski definition) is 0. The molecule has 0 saturated carbocycles. The Balaban J connectivity index is 3.05. The molecule has 0 aromatic heterocycles. The Hall–Kier alpha value is -1.22. The van der Waals surface area contributed by atoms with Gasteiger partial charge in [-0.2, -0.15) is 0 Å². The quantitative estimate of drug-likeness (QED) is 0.426. The van der Waals surface area contributed by atoms with Crippen LogP contribution in [0.2, 0.25) is 0 Å². The number of allylic oxidation sites excluding steroid dienone is 4. The molecule has 0 saturated heterocycles. The first-order chi connectivity index (χ1) is 4.39. The van der Waals surface area contributed by atoms with Crippen molar-refractivity contribution in [3.63, 3.8) is 0 Å². The zero-order chi connectivity index (χ0) is 6.53. The SMILES string of the molecule is CC1=C=CC=C=C/C=C\1. The van der Waals surface area contributed by atoms with Gasteiger partial charge in [0.15, 0.2) is 0 Å². The lowest BCUT2D eigenvalue weighted by molar-refractivity contribution is 1.54.